The Morgan fingerprint density at radius 3 is 2.43 bits per heavy atom. The highest BCUT2D eigenvalue weighted by Crippen LogP contribution is 2.06. The van der Waals surface area contributed by atoms with Crippen LogP contribution in [0.3, 0.4) is 0 Å². The van der Waals surface area contributed by atoms with Gasteiger partial charge in [-0.05, 0) is 18.4 Å². The van der Waals surface area contributed by atoms with Gasteiger partial charge >= 0.3 is 0 Å². The average Bonchev–Trinajstić information content (AvgIpc) is 3.00. The third-order valence-electron chi connectivity index (χ3n) is 3.72. The molecule has 1 aromatic heterocycles. The van der Waals surface area contributed by atoms with Gasteiger partial charge in [0.1, 0.15) is 18.9 Å². The summed E-state index contributed by atoms with van der Waals surface area (Å²) in [5, 5.41) is 8.25. The molecule has 0 amide bonds. The lowest BCUT2D eigenvalue weighted by molar-refractivity contribution is -0.687. The summed E-state index contributed by atoms with van der Waals surface area (Å²) in [6.07, 6.45) is 14.7. The van der Waals surface area contributed by atoms with Gasteiger partial charge in [-0.3, -0.25) is 0 Å². The average molecular weight is 316 g/mol. The van der Waals surface area contributed by atoms with E-state index < -0.39 is 6.47 Å². The maximum Gasteiger partial charge on any atom is 0.244 e. The van der Waals surface area contributed by atoms with Gasteiger partial charge in [0, 0.05) is 6.47 Å². The predicted molar refractivity (Wildman–Crippen MR) is 89.6 cm³/mol. The molecule has 0 aliphatic carbocycles. The number of carbonyl (C=O) groups excluding carboxylic acids is 1. The number of nitrogens with zero attached hydrogens (tertiary/aromatic N) is 2. The molecule has 4 heteroatoms. The van der Waals surface area contributed by atoms with E-state index in [9.17, 15) is 0 Å². The Labute approximate surface area is 139 Å². The summed E-state index contributed by atoms with van der Waals surface area (Å²) in [7, 11) is 0. The predicted octanol–water partition coefficient (Wildman–Crippen LogP) is 2.55. The second-order valence-corrected chi connectivity index (χ2v) is 5.67. The lowest BCUT2D eigenvalue weighted by Gasteiger charge is -1.99. The summed E-state index contributed by atoms with van der Waals surface area (Å²) in [6, 6.07) is 10.6. The molecule has 0 atom stereocenters. The number of carboxylic acid groups (broad SMARTS) is 1. The van der Waals surface area contributed by atoms with E-state index in [1.54, 1.807) is 0 Å². The van der Waals surface area contributed by atoms with Crippen molar-refractivity contribution in [3.05, 3.63) is 54.6 Å². The van der Waals surface area contributed by atoms with Crippen LogP contribution in [0.15, 0.2) is 49.1 Å². The molecular formula is C19H28N2O2. The molecule has 0 bridgehead atoms. The number of carbonyl (C=O) groups is 1. The molecule has 1 aromatic carbocycles. The molecule has 23 heavy (non-hydrogen) atoms. The third-order valence-corrected chi connectivity index (χ3v) is 3.72. The highest BCUT2D eigenvalue weighted by atomic mass is 16.3. The van der Waals surface area contributed by atoms with Crippen LogP contribution in [0, 0.1) is 0 Å². The quantitative estimate of drug-likeness (QED) is 0.405. The van der Waals surface area contributed by atoms with Crippen LogP contribution in [0.1, 0.15) is 51.0 Å². The minimum Gasteiger partial charge on any atom is -0.554 e. The molecule has 0 saturated carbocycles. The smallest absolute Gasteiger partial charge is 0.244 e. The first-order valence-electron chi connectivity index (χ1n) is 8.44. The molecule has 1 heterocycles. The maximum absolute atomic E-state index is 8.25. The Morgan fingerprint density at radius 2 is 1.74 bits per heavy atom. The molecule has 0 aliphatic rings. The highest BCUT2D eigenvalue weighted by molar-refractivity contribution is 5.29. The van der Waals surface area contributed by atoms with Gasteiger partial charge in [-0.25, -0.2) is 9.13 Å². The van der Waals surface area contributed by atoms with E-state index in [-0.39, 0.29) is 0 Å². The van der Waals surface area contributed by atoms with Gasteiger partial charge in [-0.15, -0.1) is 0 Å². The zero-order valence-corrected chi connectivity index (χ0v) is 14.1. The fourth-order valence-electron chi connectivity index (χ4n) is 2.53. The minimum atomic E-state index is -0.500. The van der Waals surface area contributed by atoms with Crippen molar-refractivity contribution in [3.8, 4) is 0 Å². The van der Waals surface area contributed by atoms with Crippen molar-refractivity contribution in [1.82, 2.24) is 4.57 Å². The summed E-state index contributed by atoms with van der Waals surface area (Å²) in [5.41, 5.74) is 1.36. The van der Waals surface area contributed by atoms with Crippen molar-refractivity contribution in [2.75, 3.05) is 0 Å². The second kappa shape index (κ2) is 12.4. The Bertz CT molecular complexity index is 523. The van der Waals surface area contributed by atoms with E-state index in [0.29, 0.717) is 0 Å². The summed E-state index contributed by atoms with van der Waals surface area (Å²) < 4.78 is 4.56. The monoisotopic (exact) mass is 316 g/mol. The number of benzene rings is 1. The van der Waals surface area contributed by atoms with Crippen LogP contribution in [-0.4, -0.2) is 11.0 Å². The Hall–Kier alpha value is -2.10. The van der Waals surface area contributed by atoms with Gasteiger partial charge in [0.15, 0.2) is 0 Å². The van der Waals surface area contributed by atoms with Crippen molar-refractivity contribution < 1.29 is 14.5 Å². The Kier molecular flexibility index (Phi) is 10.3. The van der Waals surface area contributed by atoms with Crippen LogP contribution < -0.4 is 9.67 Å². The lowest BCUT2D eigenvalue weighted by Crippen LogP contribution is -2.31. The number of unbranched alkanes of at least 4 members (excludes halogenated alkanes) is 5. The number of aryl methyl sites for hydroxylation is 1. The standard InChI is InChI=1S/C18H27N2.CH2O2/c1-2-3-4-5-6-10-13-19-14-15-20(17-19)16-18-11-8-7-9-12-18;2-1-3/h7-9,11-12,14-15,17H,2-6,10,13,16H2,1H3;1H,(H,2,3)/q+1;/p-1. The molecule has 0 aliphatic heterocycles. The molecule has 126 valence electrons. The fraction of sp³-hybridized carbons (Fsp3) is 0.474. The second-order valence-electron chi connectivity index (χ2n) is 5.67. The molecule has 0 unspecified atom stereocenters. The van der Waals surface area contributed by atoms with E-state index in [4.69, 9.17) is 9.90 Å². The number of aromatic nitrogens is 2. The molecule has 0 spiro atoms. The Balaban J connectivity index is 0.000000816. The van der Waals surface area contributed by atoms with Crippen LogP contribution >= 0.6 is 0 Å². The van der Waals surface area contributed by atoms with Crippen molar-refractivity contribution in [2.45, 2.75) is 58.5 Å². The van der Waals surface area contributed by atoms with E-state index in [0.717, 1.165) is 13.1 Å². The van der Waals surface area contributed by atoms with Gasteiger partial charge in [-0.2, -0.15) is 0 Å². The van der Waals surface area contributed by atoms with Crippen molar-refractivity contribution in [2.24, 2.45) is 0 Å². The SMILES string of the molecule is CCCCCCCCn1cc[n+](Cc2ccccc2)c1.O=C[O-]. The molecule has 4 nitrogen and oxygen atoms in total. The van der Waals surface area contributed by atoms with Crippen molar-refractivity contribution in [3.63, 3.8) is 0 Å². The number of hydrogen-bond acceptors (Lipinski definition) is 2. The van der Waals surface area contributed by atoms with Gasteiger partial charge in [0.2, 0.25) is 6.33 Å². The van der Waals surface area contributed by atoms with E-state index in [1.807, 2.05) is 0 Å². The molecule has 0 N–H and O–H groups in total. The first-order chi connectivity index (χ1) is 11.3. The summed E-state index contributed by atoms with van der Waals surface area (Å²) >= 11 is 0. The lowest BCUT2D eigenvalue weighted by atomic mass is 10.1. The van der Waals surface area contributed by atoms with Crippen LogP contribution in [0.4, 0.5) is 0 Å². The van der Waals surface area contributed by atoms with Gasteiger partial charge in [-0.1, -0.05) is 62.9 Å². The molecule has 0 radical (unpaired) electrons. The summed E-state index contributed by atoms with van der Waals surface area (Å²) in [4.78, 5) is 8.25. The van der Waals surface area contributed by atoms with E-state index in [1.165, 1.54) is 44.1 Å². The first-order valence-corrected chi connectivity index (χ1v) is 8.44. The number of rotatable bonds is 9. The molecular weight excluding hydrogens is 288 g/mol. The summed E-state index contributed by atoms with van der Waals surface area (Å²) in [5.74, 6) is 0. The van der Waals surface area contributed by atoms with E-state index in [2.05, 4.69) is 65.1 Å². The number of hydrogen-bond donors (Lipinski definition) is 0. The van der Waals surface area contributed by atoms with Gasteiger partial charge in [0.25, 0.3) is 0 Å². The van der Waals surface area contributed by atoms with E-state index >= 15 is 0 Å². The van der Waals surface area contributed by atoms with Gasteiger partial charge < -0.3 is 9.90 Å². The highest BCUT2D eigenvalue weighted by Gasteiger charge is 2.04. The molecule has 2 aromatic rings. The first kappa shape index (κ1) is 18.9. The number of imidazole rings is 1. The third kappa shape index (κ3) is 8.81. The molecule has 0 saturated heterocycles. The van der Waals surface area contributed by atoms with Crippen LogP contribution in [-0.2, 0) is 17.9 Å². The van der Waals surface area contributed by atoms with Crippen LogP contribution in [0.5, 0.6) is 0 Å². The minimum absolute atomic E-state index is 0.500. The normalized spacial score (nSPS) is 9.96. The van der Waals surface area contributed by atoms with Crippen LogP contribution in [0.25, 0.3) is 0 Å². The zero-order chi connectivity index (χ0) is 16.8. The van der Waals surface area contributed by atoms with Crippen molar-refractivity contribution >= 4 is 6.47 Å². The topological polar surface area (TPSA) is 48.9 Å². The van der Waals surface area contributed by atoms with Crippen LogP contribution in [0.2, 0.25) is 0 Å². The molecule has 2 rings (SSSR count). The molecule has 0 fully saturated rings. The largest absolute Gasteiger partial charge is 0.554 e. The zero-order valence-electron chi connectivity index (χ0n) is 14.1. The maximum atomic E-state index is 8.25. The van der Waals surface area contributed by atoms with Gasteiger partial charge in [0.05, 0.1) is 6.54 Å². The van der Waals surface area contributed by atoms with Crippen molar-refractivity contribution in [1.29, 1.82) is 0 Å². The fourth-order valence-corrected chi connectivity index (χ4v) is 2.53. The Morgan fingerprint density at radius 1 is 1.09 bits per heavy atom. The summed E-state index contributed by atoms with van der Waals surface area (Å²) in [6.45, 7) is 3.88.